The van der Waals surface area contributed by atoms with Gasteiger partial charge in [-0.05, 0) is 12.1 Å². The fourth-order valence-corrected chi connectivity index (χ4v) is 3.27. The van der Waals surface area contributed by atoms with Crippen molar-refractivity contribution in [3.05, 3.63) is 77.9 Å². The molecular formula is C18H13N3OS. The zero-order valence-electron chi connectivity index (χ0n) is 12.1. The molecule has 4 aromatic rings. The van der Waals surface area contributed by atoms with E-state index in [0.29, 0.717) is 5.69 Å². The number of rotatable bonds is 3. The van der Waals surface area contributed by atoms with E-state index >= 15 is 0 Å². The number of carbonyl (C=O) groups is 1. The lowest BCUT2D eigenvalue weighted by Gasteiger charge is -2.03. The SMILES string of the molecule is O=C(Nc1ccccc1)c1csc2nc(-c3ccccc3)cn12. The number of aromatic nitrogens is 2. The van der Waals surface area contributed by atoms with Crippen LogP contribution < -0.4 is 5.32 Å². The van der Waals surface area contributed by atoms with Crippen LogP contribution in [-0.4, -0.2) is 15.3 Å². The molecule has 0 aliphatic carbocycles. The number of hydrogen-bond acceptors (Lipinski definition) is 3. The lowest BCUT2D eigenvalue weighted by Crippen LogP contribution is -2.13. The van der Waals surface area contributed by atoms with Crippen molar-refractivity contribution in [2.75, 3.05) is 5.32 Å². The Bertz CT molecular complexity index is 958. The molecule has 0 aliphatic rings. The van der Waals surface area contributed by atoms with Gasteiger partial charge in [-0.2, -0.15) is 0 Å². The van der Waals surface area contributed by atoms with Gasteiger partial charge >= 0.3 is 0 Å². The second kappa shape index (κ2) is 5.70. The summed E-state index contributed by atoms with van der Waals surface area (Å²) < 4.78 is 1.84. The summed E-state index contributed by atoms with van der Waals surface area (Å²) in [6.45, 7) is 0. The van der Waals surface area contributed by atoms with E-state index in [9.17, 15) is 4.79 Å². The molecule has 0 saturated heterocycles. The number of carbonyl (C=O) groups excluding carboxylic acids is 1. The Hall–Kier alpha value is -2.92. The van der Waals surface area contributed by atoms with Crippen molar-refractivity contribution in [2.45, 2.75) is 0 Å². The van der Waals surface area contributed by atoms with Gasteiger partial charge in [-0.15, -0.1) is 11.3 Å². The molecule has 0 fully saturated rings. The van der Waals surface area contributed by atoms with Gasteiger partial charge < -0.3 is 5.32 Å². The first kappa shape index (κ1) is 13.7. The first-order chi connectivity index (χ1) is 11.3. The quantitative estimate of drug-likeness (QED) is 0.611. The predicted octanol–water partition coefficient (Wildman–Crippen LogP) is 4.32. The Morgan fingerprint density at radius 2 is 1.70 bits per heavy atom. The van der Waals surface area contributed by atoms with Crippen molar-refractivity contribution in [3.8, 4) is 11.3 Å². The molecule has 5 heteroatoms. The molecule has 2 aromatic carbocycles. The van der Waals surface area contributed by atoms with Crippen molar-refractivity contribution in [3.63, 3.8) is 0 Å². The molecule has 0 spiro atoms. The van der Waals surface area contributed by atoms with Crippen molar-refractivity contribution >= 4 is 27.9 Å². The summed E-state index contributed by atoms with van der Waals surface area (Å²) >= 11 is 1.46. The summed E-state index contributed by atoms with van der Waals surface area (Å²) in [6, 6.07) is 19.4. The molecule has 0 saturated carbocycles. The number of nitrogens with zero attached hydrogens (tertiary/aromatic N) is 2. The first-order valence-corrected chi connectivity index (χ1v) is 8.07. The fraction of sp³-hybridized carbons (Fsp3) is 0. The van der Waals surface area contributed by atoms with Gasteiger partial charge in [-0.25, -0.2) is 4.98 Å². The maximum absolute atomic E-state index is 12.5. The molecule has 112 valence electrons. The summed E-state index contributed by atoms with van der Waals surface area (Å²) in [5.41, 5.74) is 3.27. The number of imidazole rings is 1. The van der Waals surface area contributed by atoms with E-state index in [-0.39, 0.29) is 5.91 Å². The Balaban J connectivity index is 1.68. The number of fused-ring (bicyclic) bond motifs is 1. The zero-order valence-corrected chi connectivity index (χ0v) is 13.0. The zero-order chi connectivity index (χ0) is 15.6. The highest BCUT2D eigenvalue weighted by molar-refractivity contribution is 7.15. The van der Waals surface area contributed by atoms with Gasteiger partial charge in [0.25, 0.3) is 5.91 Å². The van der Waals surface area contributed by atoms with E-state index in [1.54, 1.807) is 0 Å². The van der Waals surface area contributed by atoms with Crippen LogP contribution in [0.2, 0.25) is 0 Å². The Labute approximate surface area is 137 Å². The van der Waals surface area contributed by atoms with Crippen LogP contribution in [-0.2, 0) is 0 Å². The van der Waals surface area contributed by atoms with Crippen LogP contribution in [0.15, 0.2) is 72.2 Å². The van der Waals surface area contributed by atoms with Crippen molar-refractivity contribution in [1.29, 1.82) is 0 Å². The molecule has 2 heterocycles. The number of para-hydroxylation sites is 1. The van der Waals surface area contributed by atoms with Gasteiger partial charge in [0, 0.05) is 22.8 Å². The maximum atomic E-state index is 12.5. The smallest absolute Gasteiger partial charge is 0.273 e. The molecule has 4 rings (SSSR count). The van der Waals surface area contributed by atoms with Crippen LogP contribution in [0.4, 0.5) is 5.69 Å². The number of benzene rings is 2. The van der Waals surface area contributed by atoms with Crippen LogP contribution >= 0.6 is 11.3 Å². The number of amides is 1. The maximum Gasteiger partial charge on any atom is 0.273 e. The number of nitrogens with one attached hydrogen (secondary N) is 1. The topological polar surface area (TPSA) is 46.4 Å². The van der Waals surface area contributed by atoms with E-state index in [4.69, 9.17) is 0 Å². The molecule has 1 N–H and O–H groups in total. The van der Waals surface area contributed by atoms with Gasteiger partial charge in [-0.3, -0.25) is 9.20 Å². The summed E-state index contributed by atoms with van der Waals surface area (Å²) in [5.74, 6) is -0.139. The van der Waals surface area contributed by atoms with Gasteiger partial charge in [0.15, 0.2) is 4.96 Å². The highest BCUT2D eigenvalue weighted by Crippen LogP contribution is 2.24. The molecule has 0 aliphatic heterocycles. The van der Waals surface area contributed by atoms with E-state index in [0.717, 1.165) is 21.9 Å². The van der Waals surface area contributed by atoms with E-state index in [1.165, 1.54) is 11.3 Å². The third-order valence-electron chi connectivity index (χ3n) is 3.54. The fourth-order valence-electron chi connectivity index (χ4n) is 2.41. The van der Waals surface area contributed by atoms with Crippen molar-refractivity contribution in [1.82, 2.24) is 9.38 Å². The first-order valence-electron chi connectivity index (χ1n) is 7.20. The van der Waals surface area contributed by atoms with Crippen LogP contribution in [0.5, 0.6) is 0 Å². The van der Waals surface area contributed by atoms with Crippen LogP contribution in [0, 0.1) is 0 Å². The lowest BCUT2D eigenvalue weighted by atomic mass is 10.2. The van der Waals surface area contributed by atoms with Crippen molar-refractivity contribution < 1.29 is 4.79 Å². The minimum Gasteiger partial charge on any atom is -0.321 e. The molecule has 23 heavy (non-hydrogen) atoms. The number of anilines is 1. The molecule has 0 radical (unpaired) electrons. The molecule has 0 bridgehead atoms. The molecule has 0 unspecified atom stereocenters. The van der Waals surface area contributed by atoms with E-state index < -0.39 is 0 Å². The Morgan fingerprint density at radius 1 is 1.00 bits per heavy atom. The van der Waals surface area contributed by atoms with Gasteiger partial charge in [0.1, 0.15) is 5.69 Å². The summed E-state index contributed by atoms with van der Waals surface area (Å²) in [4.78, 5) is 17.9. The number of hydrogen-bond donors (Lipinski definition) is 1. The summed E-state index contributed by atoms with van der Waals surface area (Å²) in [7, 11) is 0. The Morgan fingerprint density at radius 3 is 2.43 bits per heavy atom. The largest absolute Gasteiger partial charge is 0.321 e. The molecular weight excluding hydrogens is 306 g/mol. The molecule has 4 nitrogen and oxygen atoms in total. The van der Waals surface area contributed by atoms with Gasteiger partial charge in [-0.1, -0.05) is 48.5 Å². The van der Waals surface area contributed by atoms with E-state index in [2.05, 4.69) is 10.3 Å². The molecule has 0 atom stereocenters. The number of thiazole rings is 1. The van der Waals surface area contributed by atoms with Crippen LogP contribution in [0.25, 0.3) is 16.2 Å². The van der Waals surface area contributed by atoms with Gasteiger partial charge in [0.05, 0.1) is 5.69 Å². The Kier molecular flexibility index (Phi) is 3.40. The summed E-state index contributed by atoms with van der Waals surface area (Å²) in [6.07, 6.45) is 1.90. The average molecular weight is 319 g/mol. The monoisotopic (exact) mass is 319 g/mol. The standard InChI is InChI=1S/C18H13N3OS/c22-17(19-14-9-5-2-6-10-14)16-12-23-18-20-15(11-21(16)18)13-7-3-1-4-8-13/h1-12H,(H,19,22). The third-order valence-corrected chi connectivity index (χ3v) is 4.38. The van der Waals surface area contributed by atoms with Crippen LogP contribution in [0.1, 0.15) is 10.5 Å². The van der Waals surface area contributed by atoms with Gasteiger partial charge in [0.2, 0.25) is 0 Å². The minimum atomic E-state index is -0.139. The lowest BCUT2D eigenvalue weighted by molar-refractivity contribution is 0.102. The predicted molar refractivity (Wildman–Crippen MR) is 92.9 cm³/mol. The highest BCUT2D eigenvalue weighted by atomic mass is 32.1. The molecule has 1 amide bonds. The van der Waals surface area contributed by atoms with E-state index in [1.807, 2.05) is 76.6 Å². The second-order valence-electron chi connectivity index (χ2n) is 5.09. The third kappa shape index (κ3) is 2.62. The average Bonchev–Trinajstić information content (AvgIpc) is 3.17. The highest BCUT2D eigenvalue weighted by Gasteiger charge is 2.15. The van der Waals surface area contributed by atoms with Crippen molar-refractivity contribution in [2.24, 2.45) is 0 Å². The minimum absolute atomic E-state index is 0.139. The molecule has 2 aromatic heterocycles. The second-order valence-corrected chi connectivity index (χ2v) is 5.92. The normalized spacial score (nSPS) is 10.8. The summed E-state index contributed by atoms with van der Waals surface area (Å²) in [5, 5.41) is 4.73. The van der Waals surface area contributed by atoms with Crippen LogP contribution in [0.3, 0.4) is 0 Å².